The molecule has 1 aromatic heterocycles. The Morgan fingerprint density at radius 3 is 2.26 bits per heavy atom. The number of imide groups is 1. The molecule has 42 heavy (non-hydrogen) atoms. The third kappa shape index (κ3) is 4.77. The number of alkyl halides is 3. The van der Waals surface area contributed by atoms with Gasteiger partial charge in [-0.2, -0.15) is 13.2 Å². The molecule has 4 aromatic rings. The molecule has 214 valence electrons. The number of para-hydroxylation sites is 1. The maximum atomic E-state index is 13.9. The van der Waals surface area contributed by atoms with E-state index in [1.54, 1.807) is 30.3 Å². The van der Waals surface area contributed by atoms with Crippen LogP contribution in [-0.4, -0.2) is 32.6 Å². The fraction of sp³-hybridized carbons (Fsp3) is 0.172. The summed E-state index contributed by atoms with van der Waals surface area (Å²) in [4.78, 5) is 54.3. The number of phenols is 1. The van der Waals surface area contributed by atoms with Gasteiger partial charge < -0.3 is 10.4 Å². The second-order valence-corrected chi connectivity index (χ2v) is 11.8. The van der Waals surface area contributed by atoms with Gasteiger partial charge >= 0.3 is 11.0 Å². The summed E-state index contributed by atoms with van der Waals surface area (Å²) >= 11 is 1.75. The molecule has 8 nitrogen and oxygen atoms in total. The lowest BCUT2D eigenvalue weighted by Crippen LogP contribution is -2.33. The van der Waals surface area contributed by atoms with E-state index >= 15 is 0 Å². The molecule has 2 N–H and O–H groups in total. The second-order valence-electron chi connectivity index (χ2n) is 9.70. The first-order valence-electron chi connectivity index (χ1n) is 12.6. The number of amides is 3. The smallest absolute Gasteiger partial charge is 0.418 e. The zero-order chi connectivity index (χ0) is 29.8. The fourth-order valence-electron chi connectivity index (χ4n) is 5.31. The third-order valence-corrected chi connectivity index (χ3v) is 9.71. The van der Waals surface area contributed by atoms with Crippen LogP contribution in [0.4, 0.5) is 24.5 Å². The molecule has 13 heteroatoms. The highest BCUT2D eigenvalue weighted by atomic mass is 32.2. The van der Waals surface area contributed by atoms with Gasteiger partial charge in [0.25, 0.3) is 0 Å². The van der Waals surface area contributed by atoms with Gasteiger partial charge in [0.15, 0.2) is 0 Å². The molecule has 2 aliphatic heterocycles. The monoisotopic (exact) mass is 611 g/mol. The molecule has 2 aliphatic rings. The summed E-state index contributed by atoms with van der Waals surface area (Å²) in [6.07, 6.45) is -4.80. The number of fused-ring (bicyclic) bond motifs is 2. The molecule has 3 heterocycles. The van der Waals surface area contributed by atoms with E-state index in [1.165, 1.54) is 41.0 Å². The number of thiazole rings is 1. The Balaban J connectivity index is 1.41. The number of aromatic hydroxyl groups is 1. The predicted octanol–water partition coefficient (Wildman–Crippen LogP) is 5.07. The maximum Gasteiger partial charge on any atom is 0.418 e. The predicted molar refractivity (Wildman–Crippen MR) is 151 cm³/mol. The van der Waals surface area contributed by atoms with E-state index in [4.69, 9.17) is 0 Å². The largest absolute Gasteiger partial charge is 0.508 e. The van der Waals surface area contributed by atoms with E-state index in [0.29, 0.717) is 26.1 Å². The van der Waals surface area contributed by atoms with Crippen LogP contribution in [0.5, 0.6) is 5.75 Å². The Morgan fingerprint density at radius 2 is 1.57 bits per heavy atom. The zero-order valence-electron chi connectivity index (χ0n) is 21.4. The van der Waals surface area contributed by atoms with Crippen molar-refractivity contribution in [3.8, 4) is 5.75 Å². The summed E-state index contributed by atoms with van der Waals surface area (Å²) in [7, 11) is 0. The topological polar surface area (TPSA) is 109 Å². The Morgan fingerprint density at radius 1 is 0.905 bits per heavy atom. The Hall–Kier alpha value is -4.36. The molecule has 0 radical (unpaired) electrons. The number of carbonyl (C=O) groups excluding carboxylic acids is 3. The zero-order valence-corrected chi connectivity index (χ0v) is 23.0. The van der Waals surface area contributed by atoms with E-state index in [2.05, 4.69) is 5.32 Å². The molecule has 0 bridgehead atoms. The number of aromatic nitrogens is 1. The van der Waals surface area contributed by atoms with E-state index in [0.717, 1.165) is 35.2 Å². The normalized spacial score (nSPS) is 19.9. The number of anilines is 2. The molecule has 0 saturated carbocycles. The van der Waals surface area contributed by atoms with Crippen LogP contribution < -0.4 is 15.1 Å². The first-order valence-corrected chi connectivity index (χ1v) is 14.3. The summed E-state index contributed by atoms with van der Waals surface area (Å²) in [5.41, 5.74) is -0.650. The van der Waals surface area contributed by atoms with Crippen molar-refractivity contribution >= 4 is 52.2 Å². The third-order valence-electron chi connectivity index (χ3n) is 7.11. The summed E-state index contributed by atoms with van der Waals surface area (Å²) < 4.78 is 42.9. The fourth-order valence-corrected chi connectivity index (χ4v) is 8.08. The van der Waals surface area contributed by atoms with Crippen molar-refractivity contribution < 1.29 is 32.7 Å². The summed E-state index contributed by atoms with van der Waals surface area (Å²) in [5, 5.41) is 11.3. The van der Waals surface area contributed by atoms with Gasteiger partial charge in [-0.25, -0.2) is 4.90 Å². The average molecular weight is 612 g/mol. The maximum absolute atomic E-state index is 13.9. The molecular formula is C29H20F3N3O5S2. The summed E-state index contributed by atoms with van der Waals surface area (Å²) in [5.74, 6) is -4.01. The molecule has 0 spiro atoms. The van der Waals surface area contributed by atoms with Crippen molar-refractivity contribution in [2.45, 2.75) is 28.9 Å². The van der Waals surface area contributed by atoms with Gasteiger partial charge in [-0.15, -0.1) is 0 Å². The minimum atomic E-state index is -4.80. The summed E-state index contributed by atoms with van der Waals surface area (Å²) in [6.45, 7) is -0.403. The number of benzene rings is 3. The number of phenolic OH excluding ortho intramolecular Hbond substituents is 1. The van der Waals surface area contributed by atoms with Crippen molar-refractivity contribution in [2.24, 2.45) is 5.92 Å². The van der Waals surface area contributed by atoms with Gasteiger partial charge in [-0.05, 0) is 42.0 Å². The number of nitrogens with zero attached hydrogens (tertiary/aromatic N) is 2. The molecule has 3 aromatic carbocycles. The van der Waals surface area contributed by atoms with Crippen LogP contribution in [0.2, 0.25) is 0 Å². The lowest BCUT2D eigenvalue weighted by Gasteiger charge is -2.30. The molecule has 3 amide bonds. The minimum absolute atomic E-state index is 0.0108. The van der Waals surface area contributed by atoms with Crippen LogP contribution in [0.25, 0.3) is 0 Å². The van der Waals surface area contributed by atoms with E-state index in [1.807, 2.05) is 0 Å². The number of halogens is 3. The SMILES string of the molecule is O=C(Cn1c2c(sc1=O)C(c1ccccc1)C1C(=O)N(c3ccccc3C(F)(F)F)C(=O)C1S2)Nc1ccc(O)cc1. The van der Waals surface area contributed by atoms with Crippen molar-refractivity contribution in [2.75, 3.05) is 10.2 Å². The molecular weight excluding hydrogens is 591 g/mol. The molecule has 6 rings (SSSR count). The van der Waals surface area contributed by atoms with E-state index in [-0.39, 0.29) is 5.75 Å². The van der Waals surface area contributed by atoms with E-state index < -0.39 is 63.7 Å². The van der Waals surface area contributed by atoms with Crippen LogP contribution in [0.1, 0.15) is 21.9 Å². The number of rotatable bonds is 5. The van der Waals surface area contributed by atoms with Crippen LogP contribution in [0.15, 0.2) is 88.7 Å². The highest BCUT2D eigenvalue weighted by Gasteiger charge is 2.57. The molecule has 3 atom stereocenters. The Labute approximate surface area is 244 Å². The first-order chi connectivity index (χ1) is 20.0. The van der Waals surface area contributed by atoms with Crippen LogP contribution >= 0.6 is 23.1 Å². The molecule has 0 aliphatic carbocycles. The standard InChI is InChI=1S/C29H20F3N3O5S2/c30-29(31,32)18-8-4-5-9-19(18)35-25(38)22-21(15-6-2-1-3-7-15)24-27(41-23(22)26(35)39)34(28(40)42-24)14-20(37)33-16-10-12-17(36)13-11-16/h1-13,21-23,36H,14H2,(H,33,37). The van der Waals surface area contributed by atoms with Gasteiger partial charge in [-0.1, -0.05) is 65.6 Å². The lowest BCUT2D eigenvalue weighted by molar-refractivity contribution is -0.137. The van der Waals surface area contributed by atoms with Crippen LogP contribution in [-0.2, 0) is 27.1 Å². The van der Waals surface area contributed by atoms with Gasteiger partial charge in [0.1, 0.15) is 17.5 Å². The molecule has 1 saturated heterocycles. The Kier molecular flexibility index (Phi) is 6.93. The lowest BCUT2D eigenvalue weighted by atomic mass is 9.83. The first kappa shape index (κ1) is 27.8. The average Bonchev–Trinajstić information content (AvgIpc) is 3.40. The van der Waals surface area contributed by atoms with Gasteiger partial charge in [-0.3, -0.25) is 23.7 Å². The number of thioether (sulfide) groups is 1. The number of carbonyl (C=O) groups is 3. The number of hydrogen-bond donors (Lipinski definition) is 2. The van der Waals surface area contributed by atoms with Crippen LogP contribution in [0.3, 0.4) is 0 Å². The number of hydrogen-bond acceptors (Lipinski definition) is 7. The number of nitrogens with one attached hydrogen (secondary N) is 1. The van der Waals surface area contributed by atoms with Gasteiger partial charge in [0.05, 0.1) is 22.2 Å². The van der Waals surface area contributed by atoms with Crippen molar-refractivity contribution in [1.82, 2.24) is 4.57 Å². The van der Waals surface area contributed by atoms with Crippen LogP contribution in [0, 0.1) is 5.92 Å². The summed E-state index contributed by atoms with van der Waals surface area (Å²) in [6, 6.07) is 18.9. The Bertz CT molecular complexity index is 1770. The van der Waals surface area contributed by atoms with Gasteiger partial charge in [0, 0.05) is 16.5 Å². The van der Waals surface area contributed by atoms with Crippen molar-refractivity contribution in [3.05, 3.63) is 105 Å². The highest BCUT2D eigenvalue weighted by Crippen LogP contribution is 2.54. The molecule has 1 fully saturated rings. The van der Waals surface area contributed by atoms with Crippen molar-refractivity contribution in [3.63, 3.8) is 0 Å². The van der Waals surface area contributed by atoms with Crippen molar-refractivity contribution in [1.29, 1.82) is 0 Å². The second kappa shape index (κ2) is 10.5. The quantitative estimate of drug-likeness (QED) is 0.241. The highest BCUT2D eigenvalue weighted by molar-refractivity contribution is 8.00. The van der Waals surface area contributed by atoms with E-state index in [9.17, 15) is 37.5 Å². The minimum Gasteiger partial charge on any atom is -0.508 e. The molecule has 3 unspecified atom stereocenters. The van der Waals surface area contributed by atoms with Gasteiger partial charge in [0.2, 0.25) is 17.7 Å².